The molecule has 1 amide bonds. The Kier molecular flexibility index (Phi) is 4.85. The minimum atomic E-state index is -0.235. The van der Waals surface area contributed by atoms with E-state index in [1.54, 1.807) is 18.2 Å². The number of ether oxygens (including phenoxy) is 1. The molecule has 0 fully saturated rings. The van der Waals surface area contributed by atoms with Crippen molar-refractivity contribution in [3.63, 3.8) is 0 Å². The second kappa shape index (κ2) is 6.63. The third-order valence-electron chi connectivity index (χ3n) is 3.02. The number of hydrogen-bond donors (Lipinski definition) is 2. The topological polar surface area (TPSA) is 64.3 Å². The molecule has 2 rings (SSSR count). The molecular weight excluding hydrogens is 332 g/mol. The van der Waals surface area contributed by atoms with Crippen LogP contribution in [0.4, 0.5) is 11.4 Å². The lowest BCUT2D eigenvalue weighted by Crippen LogP contribution is -2.14. The van der Waals surface area contributed by atoms with Gasteiger partial charge in [0.25, 0.3) is 5.91 Å². The predicted octanol–water partition coefficient (Wildman–Crippen LogP) is 3.99. The number of nitrogens with two attached hydrogens (primary N) is 1. The van der Waals surface area contributed by atoms with Crippen LogP contribution in [0.15, 0.2) is 40.9 Å². The molecule has 5 heteroatoms. The lowest BCUT2D eigenvalue weighted by Gasteiger charge is -2.12. The van der Waals surface area contributed by atoms with E-state index >= 15 is 0 Å². The number of nitrogens with one attached hydrogen (secondary N) is 1. The van der Waals surface area contributed by atoms with E-state index in [1.165, 1.54) is 0 Å². The summed E-state index contributed by atoms with van der Waals surface area (Å²) in [5, 5.41) is 2.87. The maximum Gasteiger partial charge on any atom is 0.257 e. The van der Waals surface area contributed by atoms with Gasteiger partial charge in [-0.2, -0.15) is 0 Å². The van der Waals surface area contributed by atoms with E-state index in [0.717, 1.165) is 21.5 Å². The summed E-state index contributed by atoms with van der Waals surface area (Å²) in [7, 11) is 0. The van der Waals surface area contributed by atoms with E-state index in [1.807, 2.05) is 32.0 Å². The zero-order chi connectivity index (χ0) is 15.4. The van der Waals surface area contributed by atoms with Crippen molar-refractivity contribution in [3.05, 3.63) is 52.0 Å². The Morgan fingerprint density at radius 1 is 1.29 bits per heavy atom. The van der Waals surface area contributed by atoms with E-state index in [2.05, 4.69) is 21.2 Å². The van der Waals surface area contributed by atoms with Crippen LogP contribution in [0.5, 0.6) is 5.75 Å². The van der Waals surface area contributed by atoms with E-state index in [4.69, 9.17) is 10.5 Å². The summed E-state index contributed by atoms with van der Waals surface area (Å²) in [6.07, 6.45) is 0. The van der Waals surface area contributed by atoms with Gasteiger partial charge in [-0.3, -0.25) is 4.79 Å². The molecule has 21 heavy (non-hydrogen) atoms. The monoisotopic (exact) mass is 348 g/mol. The third-order valence-corrected chi connectivity index (χ3v) is 3.51. The molecule has 0 saturated heterocycles. The molecule has 0 aliphatic rings. The van der Waals surface area contributed by atoms with Crippen LogP contribution < -0.4 is 15.8 Å². The first-order chi connectivity index (χ1) is 10.0. The summed E-state index contributed by atoms with van der Waals surface area (Å²) in [6, 6.07) is 10.7. The number of amides is 1. The number of carbonyl (C=O) groups excluding carboxylic acids is 1. The second-order valence-corrected chi connectivity index (χ2v) is 5.51. The summed E-state index contributed by atoms with van der Waals surface area (Å²) in [5.74, 6) is 0.552. The predicted molar refractivity (Wildman–Crippen MR) is 88.9 cm³/mol. The Morgan fingerprint density at radius 2 is 2.05 bits per heavy atom. The summed E-state index contributed by atoms with van der Waals surface area (Å²) in [6.45, 7) is 4.46. The first kappa shape index (κ1) is 15.4. The SMILES string of the molecule is CCOc1ccc(NC(=O)c2cc(Br)ccc2N)c(C)c1. The van der Waals surface area contributed by atoms with Crippen LogP contribution in [-0.4, -0.2) is 12.5 Å². The van der Waals surface area contributed by atoms with Crippen LogP contribution in [0.1, 0.15) is 22.8 Å². The molecule has 0 atom stereocenters. The standard InChI is InChI=1S/C16H17BrN2O2/c1-3-21-12-5-7-15(10(2)8-12)19-16(20)13-9-11(17)4-6-14(13)18/h4-9H,3,18H2,1-2H3,(H,19,20). The van der Waals surface area contributed by atoms with Gasteiger partial charge in [0.1, 0.15) is 5.75 Å². The van der Waals surface area contributed by atoms with Crippen molar-refractivity contribution in [2.24, 2.45) is 0 Å². The molecule has 0 bridgehead atoms. The van der Waals surface area contributed by atoms with Gasteiger partial charge in [-0.15, -0.1) is 0 Å². The van der Waals surface area contributed by atoms with Gasteiger partial charge in [0.2, 0.25) is 0 Å². The summed E-state index contributed by atoms with van der Waals surface area (Å²) >= 11 is 3.34. The molecule has 0 radical (unpaired) electrons. The fourth-order valence-electron chi connectivity index (χ4n) is 1.95. The first-order valence-corrected chi connectivity index (χ1v) is 7.40. The molecule has 0 aromatic heterocycles. The molecule has 4 nitrogen and oxygen atoms in total. The number of halogens is 1. The molecule has 110 valence electrons. The lowest BCUT2D eigenvalue weighted by atomic mass is 10.1. The van der Waals surface area contributed by atoms with Crippen molar-refractivity contribution in [2.75, 3.05) is 17.7 Å². The largest absolute Gasteiger partial charge is 0.494 e. The number of anilines is 2. The number of aryl methyl sites for hydroxylation is 1. The zero-order valence-electron chi connectivity index (χ0n) is 11.9. The molecule has 0 unspecified atom stereocenters. The molecule has 0 aliphatic heterocycles. The average Bonchev–Trinajstić information content (AvgIpc) is 2.44. The van der Waals surface area contributed by atoms with E-state index < -0.39 is 0 Å². The van der Waals surface area contributed by atoms with Crippen molar-refractivity contribution >= 4 is 33.2 Å². The van der Waals surface area contributed by atoms with E-state index in [0.29, 0.717) is 17.9 Å². The smallest absolute Gasteiger partial charge is 0.257 e. The summed E-state index contributed by atoms with van der Waals surface area (Å²) in [5.41, 5.74) is 8.40. The molecule has 3 N–H and O–H groups in total. The number of nitrogen functional groups attached to an aromatic ring is 1. The highest BCUT2D eigenvalue weighted by Gasteiger charge is 2.12. The molecular formula is C16H17BrN2O2. The number of rotatable bonds is 4. The highest BCUT2D eigenvalue weighted by atomic mass is 79.9. The lowest BCUT2D eigenvalue weighted by molar-refractivity contribution is 0.102. The van der Waals surface area contributed by atoms with Crippen LogP contribution in [0, 0.1) is 6.92 Å². The van der Waals surface area contributed by atoms with Crippen molar-refractivity contribution in [1.82, 2.24) is 0 Å². The van der Waals surface area contributed by atoms with Crippen molar-refractivity contribution < 1.29 is 9.53 Å². The van der Waals surface area contributed by atoms with Gasteiger partial charge in [0, 0.05) is 15.8 Å². The van der Waals surface area contributed by atoms with Gasteiger partial charge in [-0.05, 0) is 55.8 Å². The highest BCUT2D eigenvalue weighted by molar-refractivity contribution is 9.10. The minimum absolute atomic E-state index is 0.235. The quantitative estimate of drug-likeness (QED) is 0.821. The maximum atomic E-state index is 12.3. The molecule has 0 saturated carbocycles. The van der Waals surface area contributed by atoms with Gasteiger partial charge in [0.05, 0.1) is 12.2 Å². The van der Waals surface area contributed by atoms with Crippen LogP contribution in [0.3, 0.4) is 0 Å². The summed E-state index contributed by atoms with van der Waals surface area (Å²) in [4.78, 5) is 12.3. The highest BCUT2D eigenvalue weighted by Crippen LogP contribution is 2.24. The van der Waals surface area contributed by atoms with E-state index in [-0.39, 0.29) is 5.91 Å². The van der Waals surface area contributed by atoms with Crippen molar-refractivity contribution in [3.8, 4) is 5.75 Å². The third kappa shape index (κ3) is 3.76. The van der Waals surface area contributed by atoms with Crippen LogP contribution >= 0.6 is 15.9 Å². The molecule has 0 aliphatic carbocycles. The minimum Gasteiger partial charge on any atom is -0.494 e. The Labute approximate surface area is 132 Å². The Hall–Kier alpha value is -2.01. The molecule has 2 aromatic rings. The zero-order valence-corrected chi connectivity index (χ0v) is 13.5. The summed E-state index contributed by atoms with van der Waals surface area (Å²) < 4.78 is 6.24. The number of hydrogen-bond acceptors (Lipinski definition) is 3. The van der Waals surface area contributed by atoms with Crippen LogP contribution in [0.2, 0.25) is 0 Å². The Balaban J connectivity index is 2.21. The normalized spacial score (nSPS) is 10.2. The molecule has 0 spiro atoms. The van der Waals surface area contributed by atoms with Crippen LogP contribution in [0.25, 0.3) is 0 Å². The molecule has 0 heterocycles. The first-order valence-electron chi connectivity index (χ1n) is 6.61. The van der Waals surface area contributed by atoms with Gasteiger partial charge in [0.15, 0.2) is 0 Å². The van der Waals surface area contributed by atoms with Crippen molar-refractivity contribution in [1.29, 1.82) is 0 Å². The van der Waals surface area contributed by atoms with Crippen LogP contribution in [-0.2, 0) is 0 Å². The Bertz CT molecular complexity index is 671. The maximum absolute atomic E-state index is 12.3. The Morgan fingerprint density at radius 3 is 2.71 bits per heavy atom. The number of benzene rings is 2. The molecule has 2 aromatic carbocycles. The number of carbonyl (C=O) groups is 1. The second-order valence-electron chi connectivity index (χ2n) is 4.60. The average molecular weight is 349 g/mol. The fraction of sp³-hybridized carbons (Fsp3) is 0.188. The van der Waals surface area contributed by atoms with Gasteiger partial charge >= 0.3 is 0 Å². The van der Waals surface area contributed by atoms with Gasteiger partial charge in [-0.25, -0.2) is 0 Å². The van der Waals surface area contributed by atoms with Gasteiger partial charge in [-0.1, -0.05) is 15.9 Å². The van der Waals surface area contributed by atoms with Crippen molar-refractivity contribution in [2.45, 2.75) is 13.8 Å². The van der Waals surface area contributed by atoms with E-state index in [9.17, 15) is 4.79 Å². The fourth-order valence-corrected chi connectivity index (χ4v) is 2.31. The van der Waals surface area contributed by atoms with Gasteiger partial charge < -0.3 is 15.8 Å².